The SMILES string of the molecule is O=C1c2oc3ccc(Cl)cc3c(=O)c2[C@@H](c2cccc(O)c2)N1CCc1ccccc1. The van der Waals surface area contributed by atoms with Gasteiger partial charge in [0.15, 0.2) is 5.43 Å². The largest absolute Gasteiger partial charge is 0.508 e. The van der Waals surface area contributed by atoms with Crippen LogP contribution in [0.15, 0.2) is 82.0 Å². The second-order valence-electron chi connectivity index (χ2n) is 7.55. The number of halogens is 1. The van der Waals surface area contributed by atoms with Gasteiger partial charge in [0, 0.05) is 11.6 Å². The lowest BCUT2D eigenvalue weighted by Crippen LogP contribution is -2.31. The molecule has 5 nitrogen and oxygen atoms in total. The minimum Gasteiger partial charge on any atom is -0.508 e. The van der Waals surface area contributed by atoms with Gasteiger partial charge in [-0.15, -0.1) is 0 Å². The molecular weight excluding hydrogens is 414 g/mol. The molecule has 0 unspecified atom stereocenters. The van der Waals surface area contributed by atoms with Crippen LogP contribution < -0.4 is 5.43 Å². The normalized spacial score (nSPS) is 15.5. The summed E-state index contributed by atoms with van der Waals surface area (Å²) in [7, 11) is 0. The number of aromatic hydroxyl groups is 1. The van der Waals surface area contributed by atoms with Gasteiger partial charge < -0.3 is 14.4 Å². The molecule has 0 fully saturated rings. The van der Waals surface area contributed by atoms with Crippen molar-refractivity contribution in [2.45, 2.75) is 12.5 Å². The van der Waals surface area contributed by atoms with Crippen LogP contribution in [0.25, 0.3) is 11.0 Å². The van der Waals surface area contributed by atoms with Crippen molar-refractivity contribution in [3.8, 4) is 5.75 Å². The number of carbonyl (C=O) groups is 1. The van der Waals surface area contributed by atoms with Crippen LogP contribution >= 0.6 is 11.6 Å². The summed E-state index contributed by atoms with van der Waals surface area (Å²) in [4.78, 5) is 28.4. The first-order chi connectivity index (χ1) is 15.0. The predicted octanol–water partition coefficient (Wildman–Crippen LogP) is 4.94. The number of nitrogens with zero attached hydrogens (tertiary/aromatic N) is 1. The Morgan fingerprint density at radius 3 is 2.55 bits per heavy atom. The van der Waals surface area contributed by atoms with Crippen LogP contribution in [0.4, 0.5) is 0 Å². The fraction of sp³-hybridized carbons (Fsp3) is 0.120. The molecule has 0 radical (unpaired) electrons. The van der Waals surface area contributed by atoms with Gasteiger partial charge in [0.2, 0.25) is 5.76 Å². The molecule has 154 valence electrons. The third-order valence-electron chi connectivity index (χ3n) is 5.60. The molecule has 1 aliphatic heterocycles. The van der Waals surface area contributed by atoms with Crippen LogP contribution in [0.5, 0.6) is 5.75 Å². The Kier molecular flexibility index (Phi) is 4.75. The molecule has 0 saturated heterocycles. The molecule has 0 saturated carbocycles. The van der Waals surface area contributed by atoms with E-state index in [2.05, 4.69) is 0 Å². The second kappa shape index (κ2) is 7.60. The highest BCUT2D eigenvalue weighted by Gasteiger charge is 2.42. The second-order valence-corrected chi connectivity index (χ2v) is 7.98. The lowest BCUT2D eigenvalue weighted by atomic mass is 9.98. The lowest BCUT2D eigenvalue weighted by Gasteiger charge is -2.25. The molecule has 0 spiro atoms. The van der Waals surface area contributed by atoms with Crippen LogP contribution in [0, 0.1) is 0 Å². The zero-order chi connectivity index (χ0) is 21.5. The average Bonchev–Trinajstić information content (AvgIpc) is 3.05. The molecular formula is C25H18ClNO4. The van der Waals surface area contributed by atoms with E-state index < -0.39 is 6.04 Å². The van der Waals surface area contributed by atoms with Crippen molar-refractivity contribution in [1.29, 1.82) is 0 Å². The first-order valence-electron chi connectivity index (χ1n) is 9.93. The highest BCUT2D eigenvalue weighted by molar-refractivity contribution is 6.31. The van der Waals surface area contributed by atoms with E-state index in [1.54, 1.807) is 47.4 Å². The first kappa shape index (κ1) is 19.4. The summed E-state index contributed by atoms with van der Waals surface area (Å²) in [6, 6.07) is 20.6. The van der Waals surface area contributed by atoms with Gasteiger partial charge in [0.1, 0.15) is 11.3 Å². The molecule has 6 heteroatoms. The fourth-order valence-electron chi connectivity index (χ4n) is 4.16. The van der Waals surface area contributed by atoms with E-state index in [1.165, 1.54) is 0 Å². The van der Waals surface area contributed by atoms with E-state index in [1.807, 2.05) is 30.3 Å². The van der Waals surface area contributed by atoms with Crippen molar-refractivity contribution >= 4 is 28.5 Å². The van der Waals surface area contributed by atoms with Gasteiger partial charge >= 0.3 is 0 Å². The van der Waals surface area contributed by atoms with Crippen LogP contribution in [0.3, 0.4) is 0 Å². The number of phenols is 1. The number of hydrogen-bond acceptors (Lipinski definition) is 4. The summed E-state index contributed by atoms with van der Waals surface area (Å²) < 4.78 is 5.90. The number of fused-ring (bicyclic) bond motifs is 2. The molecule has 0 bridgehead atoms. The smallest absolute Gasteiger partial charge is 0.290 e. The van der Waals surface area contributed by atoms with Gasteiger partial charge in [0.25, 0.3) is 5.91 Å². The molecule has 5 rings (SSSR count). The van der Waals surface area contributed by atoms with Gasteiger partial charge in [-0.1, -0.05) is 54.1 Å². The van der Waals surface area contributed by atoms with E-state index in [9.17, 15) is 14.7 Å². The highest BCUT2D eigenvalue weighted by Crippen LogP contribution is 2.39. The molecule has 1 amide bonds. The maximum atomic E-state index is 13.4. The van der Waals surface area contributed by atoms with E-state index in [0.717, 1.165) is 5.56 Å². The summed E-state index contributed by atoms with van der Waals surface area (Å²) in [6.07, 6.45) is 0.620. The zero-order valence-corrected chi connectivity index (χ0v) is 17.2. The zero-order valence-electron chi connectivity index (χ0n) is 16.4. The number of amides is 1. The third kappa shape index (κ3) is 3.37. The summed E-state index contributed by atoms with van der Waals surface area (Å²) >= 11 is 6.10. The Morgan fingerprint density at radius 1 is 0.968 bits per heavy atom. The van der Waals surface area contributed by atoms with Gasteiger partial charge in [-0.3, -0.25) is 9.59 Å². The number of rotatable bonds is 4. The van der Waals surface area contributed by atoms with Gasteiger partial charge in [-0.05, 0) is 47.9 Å². The molecule has 0 aliphatic carbocycles. The van der Waals surface area contributed by atoms with Crippen LogP contribution in [0.1, 0.15) is 33.3 Å². The molecule has 1 N–H and O–H groups in total. The number of phenolic OH excluding ortho intramolecular Hbond substituents is 1. The summed E-state index contributed by atoms with van der Waals surface area (Å²) in [5.74, 6) is -0.232. The molecule has 1 aromatic heterocycles. The fourth-order valence-corrected chi connectivity index (χ4v) is 4.33. The van der Waals surface area contributed by atoms with E-state index in [-0.39, 0.29) is 28.4 Å². The van der Waals surface area contributed by atoms with E-state index in [4.69, 9.17) is 16.0 Å². The summed E-state index contributed by atoms with van der Waals surface area (Å²) in [6.45, 7) is 0.393. The van der Waals surface area contributed by atoms with Crippen molar-refractivity contribution in [2.24, 2.45) is 0 Å². The molecule has 2 heterocycles. The minimum atomic E-state index is -0.655. The molecule has 1 aliphatic rings. The summed E-state index contributed by atoms with van der Waals surface area (Å²) in [5.41, 5.74) is 2.04. The lowest BCUT2D eigenvalue weighted by molar-refractivity contribution is 0.0730. The van der Waals surface area contributed by atoms with Crippen LogP contribution in [-0.2, 0) is 6.42 Å². The number of benzene rings is 3. The van der Waals surface area contributed by atoms with Crippen molar-refractivity contribution < 1.29 is 14.3 Å². The van der Waals surface area contributed by atoms with E-state index in [0.29, 0.717) is 34.5 Å². The van der Waals surface area contributed by atoms with Crippen LogP contribution in [0.2, 0.25) is 5.02 Å². The maximum absolute atomic E-state index is 13.4. The minimum absolute atomic E-state index is 0.0428. The van der Waals surface area contributed by atoms with Gasteiger partial charge in [0.05, 0.1) is 17.0 Å². The molecule has 4 aromatic rings. The van der Waals surface area contributed by atoms with Crippen LogP contribution in [-0.4, -0.2) is 22.5 Å². The monoisotopic (exact) mass is 431 g/mol. The first-order valence-corrected chi connectivity index (χ1v) is 10.3. The standard InChI is InChI=1S/C25H18ClNO4/c26-17-9-10-20-19(14-17)23(29)21-22(16-7-4-8-18(28)13-16)27(25(30)24(21)31-20)12-11-15-5-2-1-3-6-15/h1-10,13-14,22,28H,11-12H2/t22-/m1/s1. The Hall–Kier alpha value is -3.57. The van der Waals surface area contributed by atoms with E-state index >= 15 is 0 Å². The highest BCUT2D eigenvalue weighted by atomic mass is 35.5. The van der Waals surface area contributed by atoms with Crippen molar-refractivity contribution in [3.63, 3.8) is 0 Å². The van der Waals surface area contributed by atoms with Gasteiger partial charge in [-0.25, -0.2) is 0 Å². The Balaban J connectivity index is 1.67. The summed E-state index contributed by atoms with van der Waals surface area (Å²) in [5, 5.41) is 10.8. The third-order valence-corrected chi connectivity index (χ3v) is 5.83. The maximum Gasteiger partial charge on any atom is 0.290 e. The Bertz CT molecular complexity index is 1360. The Morgan fingerprint density at radius 2 is 1.77 bits per heavy atom. The van der Waals surface area contributed by atoms with Gasteiger partial charge in [-0.2, -0.15) is 0 Å². The van der Waals surface area contributed by atoms with Crippen molar-refractivity contribution in [3.05, 3.63) is 110 Å². The topological polar surface area (TPSA) is 70.8 Å². The molecule has 3 aromatic carbocycles. The van der Waals surface area contributed by atoms with Crippen molar-refractivity contribution in [2.75, 3.05) is 6.54 Å². The molecule has 31 heavy (non-hydrogen) atoms. The molecule has 1 atom stereocenters. The number of hydrogen-bond donors (Lipinski definition) is 1. The number of carbonyl (C=O) groups excluding carboxylic acids is 1. The predicted molar refractivity (Wildman–Crippen MR) is 119 cm³/mol. The Labute approximate surface area is 183 Å². The average molecular weight is 432 g/mol. The quantitative estimate of drug-likeness (QED) is 0.497. The van der Waals surface area contributed by atoms with Crippen molar-refractivity contribution in [1.82, 2.24) is 4.90 Å².